The van der Waals surface area contributed by atoms with Crippen molar-refractivity contribution in [3.05, 3.63) is 64.1 Å². The molecule has 0 bridgehead atoms. The van der Waals surface area contributed by atoms with Crippen LogP contribution in [0.2, 0.25) is 0 Å². The van der Waals surface area contributed by atoms with Gasteiger partial charge in [0.15, 0.2) is 6.10 Å². The number of carbonyl (C=O) groups excluding carboxylic acids is 2. The Balaban J connectivity index is 2.04. The molecule has 2 aromatic rings. The van der Waals surface area contributed by atoms with Gasteiger partial charge in [0, 0.05) is 4.47 Å². The average Bonchev–Trinajstić information content (AvgIpc) is 2.57. The van der Waals surface area contributed by atoms with Gasteiger partial charge < -0.3 is 10.1 Å². The fourth-order valence-electron chi connectivity index (χ4n) is 2.29. The molecule has 2 rings (SSSR count). The number of hydrogen-bond donors (Lipinski definition) is 1. The third kappa shape index (κ3) is 4.69. The smallest absolute Gasteiger partial charge is 0.316 e. The normalized spacial score (nSPS) is 12.4. The van der Waals surface area contributed by atoms with Crippen LogP contribution in [0.3, 0.4) is 0 Å². The molecule has 0 unspecified atom stereocenters. The maximum atomic E-state index is 12.5. The van der Waals surface area contributed by atoms with E-state index in [0.717, 1.165) is 15.6 Å². The number of rotatable bonds is 5. The third-order valence-corrected chi connectivity index (χ3v) is 4.70. The Bertz CT molecular complexity index is 772. The highest BCUT2D eigenvalue weighted by Gasteiger charge is 2.33. The lowest BCUT2D eigenvalue weighted by Gasteiger charge is -2.25. The number of amides is 1. The number of benzene rings is 2. The van der Waals surface area contributed by atoms with E-state index in [4.69, 9.17) is 4.74 Å². The SMILES string of the molecule is Cc1ccc(NC(=O)[C@@H](C)OC(=O)C(C)(C)c2ccccc2)c(Br)c1. The second kappa shape index (κ2) is 7.83. The van der Waals surface area contributed by atoms with Crippen molar-refractivity contribution in [3.8, 4) is 0 Å². The van der Waals surface area contributed by atoms with Crippen molar-refractivity contribution < 1.29 is 14.3 Å². The predicted octanol–water partition coefficient (Wildman–Crippen LogP) is 4.61. The summed E-state index contributed by atoms with van der Waals surface area (Å²) in [5.74, 6) is -0.814. The first-order chi connectivity index (χ1) is 11.7. The van der Waals surface area contributed by atoms with E-state index in [1.54, 1.807) is 26.8 Å². The molecule has 0 heterocycles. The number of nitrogens with one attached hydrogen (secondary N) is 1. The van der Waals surface area contributed by atoms with Crippen molar-refractivity contribution in [2.75, 3.05) is 5.32 Å². The van der Waals surface area contributed by atoms with E-state index in [1.807, 2.05) is 49.4 Å². The molecule has 4 nitrogen and oxygen atoms in total. The fraction of sp³-hybridized carbons (Fsp3) is 0.300. The number of ether oxygens (including phenoxy) is 1. The van der Waals surface area contributed by atoms with Crippen molar-refractivity contribution in [2.45, 2.75) is 39.2 Å². The molecule has 0 aliphatic rings. The lowest BCUT2D eigenvalue weighted by Crippen LogP contribution is -2.37. The molecule has 25 heavy (non-hydrogen) atoms. The Morgan fingerprint density at radius 1 is 1.12 bits per heavy atom. The molecule has 0 spiro atoms. The number of anilines is 1. The fourth-order valence-corrected chi connectivity index (χ4v) is 2.88. The lowest BCUT2D eigenvalue weighted by molar-refractivity contribution is -0.158. The molecule has 132 valence electrons. The van der Waals surface area contributed by atoms with Crippen LogP contribution in [-0.4, -0.2) is 18.0 Å². The monoisotopic (exact) mass is 403 g/mol. The van der Waals surface area contributed by atoms with Crippen LogP contribution < -0.4 is 5.32 Å². The van der Waals surface area contributed by atoms with E-state index in [0.29, 0.717) is 5.69 Å². The molecular formula is C20H22BrNO3. The molecule has 0 saturated carbocycles. The van der Waals surface area contributed by atoms with Crippen LogP contribution in [0.15, 0.2) is 53.0 Å². The van der Waals surface area contributed by atoms with Gasteiger partial charge in [-0.05, 0) is 66.9 Å². The molecule has 0 fully saturated rings. The minimum absolute atomic E-state index is 0.373. The second-order valence-corrected chi connectivity index (χ2v) is 7.37. The highest BCUT2D eigenvalue weighted by Crippen LogP contribution is 2.26. The van der Waals surface area contributed by atoms with Crippen LogP contribution in [-0.2, 0) is 19.7 Å². The van der Waals surface area contributed by atoms with Gasteiger partial charge >= 0.3 is 5.97 Å². The molecule has 5 heteroatoms. The molecule has 0 aliphatic carbocycles. The maximum absolute atomic E-state index is 12.5. The van der Waals surface area contributed by atoms with Gasteiger partial charge in [-0.3, -0.25) is 9.59 Å². The van der Waals surface area contributed by atoms with Crippen molar-refractivity contribution in [1.82, 2.24) is 0 Å². The molecule has 0 radical (unpaired) electrons. The van der Waals surface area contributed by atoms with Crippen LogP contribution in [0.1, 0.15) is 31.9 Å². The summed E-state index contributed by atoms with van der Waals surface area (Å²) < 4.78 is 6.18. The summed E-state index contributed by atoms with van der Waals surface area (Å²) in [5, 5.41) is 2.77. The van der Waals surface area contributed by atoms with E-state index < -0.39 is 17.5 Å². The van der Waals surface area contributed by atoms with Gasteiger partial charge in [-0.1, -0.05) is 36.4 Å². The van der Waals surface area contributed by atoms with Gasteiger partial charge in [0.2, 0.25) is 0 Å². The zero-order chi connectivity index (χ0) is 18.6. The van der Waals surface area contributed by atoms with E-state index in [2.05, 4.69) is 21.2 Å². The lowest BCUT2D eigenvalue weighted by atomic mass is 9.85. The topological polar surface area (TPSA) is 55.4 Å². The number of halogens is 1. The Hall–Kier alpha value is -2.14. The molecule has 0 saturated heterocycles. The van der Waals surface area contributed by atoms with Gasteiger partial charge in [0.05, 0.1) is 11.1 Å². The Morgan fingerprint density at radius 3 is 2.36 bits per heavy atom. The Kier molecular flexibility index (Phi) is 6.01. The van der Waals surface area contributed by atoms with Gasteiger partial charge in [0.25, 0.3) is 5.91 Å². The van der Waals surface area contributed by atoms with E-state index in [9.17, 15) is 9.59 Å². The van der Waals surface area contributed by atoms with Crippen molar-refractivity contribution in [2.24, 2.45) is 0 Å². The van der Waals surface area contributed by atoms with Crippen LogP contribution >= 0.6 is 15.9 Å². The van der Waals surface area contributed by atoms with E-state index >= 15 is 0 Å². The number of aryl methyl sites for hydroxylation is 1. The summed E-state index contributed by atoms with van der Waals surface area (Å²) in [6.07, 6.45) is -0.899. The molecule has 0 aliphatic heterocycles. The standard InChI is InChI=1S/C20H22BrNO3/c1-13-10-11-17(16(21)12-13)22-18(23)14(2)25-19(24)20(3,4)15-8-6-5-7-9-15/h5-12,14H,1-4H3,(H,22,23)/t14-/m1/s1. The van der Waals surface area contributed by atoms with Gasteiger partial charge in [-0.2, -0.15) is 0 Å². The molecule has 1 N–H and O–H groups in total. The molecule has 2 aromatic carbocycles. The van der Waals surface area contributed by atoms with Crippen molar-refractivity contribution in [3.63, 3.8) is 0 Å². The number of hydrogen-bond acceptors (Lipinski definition) is 3. The molecule has 1 atom stereocenters. The Labute approximate surface area is 156 Å². The van der Waals surface area contributed by atoms with Gasteiger partial charge in [-0.25, -0.2) is 0 Å². The summed E-state index contributed by atoms with van der Waals surface area (Å²) in [4.78, 5) is 24.9. The summed E-state index contributed by atoms with van der Waals surface area (Å²) >= 11 is 3.42. The number of carbonyl (C=O) groups is 2. The predicted molar refractivity (Wildman–Crippen MR) is 103 cm³/mol. The zero-order valence-electron chi connectivity index (χ0n) is 14.8. The van der Waals surface area contributed by atoms with Crippen LogP contribution in [0.25, 0.3) is 0 Å². The highest BCUT2D eigenvalue weighted by molar-refractivity contribution is 9.10. The first kappa shape index (κ1) is 19.2. The molecule has 0 aromatic heterocycles. The minimum Gasteiger partial charge on any atom is -0.452 e. The summed E-state index contributed by atoms with van der Waals surface area (Å²) in [5.41, 5.74) is 1.73. The van der Waals surface area contributed by atoms with Gasteiger partial charge in [-0.15, -0.1) is 0 Å². The number of esters is 1. The van der Waals surface area contributed by atoms with Crippen LogP contribution in [0.5, 0.6) is 0 Å². The average molecular weight is 404 g/mol. The minimum atomic E-state index is -0.899. The Morgan fingerprint density at radius 2 is 1.76 bits per heavy atom. The summed E-state index contributed by atoms with van der Waals surface area (Å²) in [6.45, 7) is 7.10. The molecule has 1 amide bonds. The highest BCUT2D eigenvalue weighted by atomic mass is 79.9. The van der Waals surface area contributed by atoms with Gasteiger partial charge in [0.1, 0.15) is 0 Å². The summed E-state index contributed by atoms with van der Waals surface area (Å²) in [6, 6.07) is 15.0. The first-order valence-corrected chi connectivity index (χ1v) is 8.84. The maximum Gasteiger partial charge on any atom is 0.316 e. The summed E-state index contributed by atoms with van der Waals surface area (Å²) in [7, 11) is 0. The van der Waals surface area contributed by atoms with E-state index in [-0.39, 0.29) is 5.91 Å². The van der Waals surface area contributed by atoms with Crippen LogP contribution in [0, 0.1) is 6.92 Å². The van der Waals surface area contributed by atoms with E-state index in [1.165, 1.54) is 0 Å². The largest absolute Gasteiger partial charge is 0.452 e. The second-order valence-electron chi connectivity index (χ2n) is 6.51. The zero-order valence-corrected chi connectivity index (χ0v) is 16.4. The quantitative estimate of drug-likeness (QED) is 0.741. The first-order valence-electron chi connectivity index (χ1n) is 8.05. The van der Waals surface area contributed by atoms with Crippen molar-refractivity contribution in [1.29, 1.82) is 0 Å². The van der Waals surface area contributed by atoms with Crippen molar-refractivity contribution >= 4 is 33.5 Å². The third-order valence-electron chi connectivity index (χ3n) is 4.04. The molecular weight excluding hydrogens is 382 g/mol. The van der Waals surface area contributed by atoms with Crippen LogP contribution in [0.4, 0.5) is 5.69 Å².